The second-order valence-corrected chi connectivity index (χ2v) is 9.17. The minimum absolute atomic E-state index is 0.173. The first-order chi connectivity index (χ1) is 19.7. The Morgan fingerprint density at radius 2 is 1.61 bits per heavy atom. The number of aromatic nitrogens is 3. The average Bonchev–Trinajstić information content (AvgIpc) is 3.40. The summed E-state index contributed by atoms with van der Waals surface area (Å²) in [6.07, 6.45) is 1.59. The van der Waals surface area contributed by atoms with Crippen LogP contribution in [-0.2, 0) is 14.1 Å². The Hall–Kier alpha value is -5.65. The SMILES string of the molecule is COc1cc(-n2cc3c(c2-c2cccc([N+](=O)[O-])c2)c(=O)n(C)c(=O)n3C)c(OC)cc1NC(=O)c1ccccc1. The zero-order chi connectivity index (χ0) is 29.4. The highest BCUT2D eigenvalue weighted by molar-refractivity contribution is 6.05. The Kier molecular flexibility index (Phi) is 6.89. The Bertz CT molecular complexity index is 1960. The molecule has 0 unspecified atom stereocenters. The van der Waals surface area contributed by atoms with Gasteiger partial charge in [-0.05, 0) is 12.1 Å². The molecular formula is C29H25N5O7. The van der Waals surface area contributed by atoms with Crippen molar-refractivity contribution in [3.8, 4) is 28.4 Å². The van der Waals surface area contributed by atoms with E-state index in [-0.39, 0.29) is 22.7 Å². The van der Waals surface area contributed by atoms with Gasteiger partial charge in [0.1, 0.15) is 11.5 Å². The molecule has 1 N–H and O–H groups in total. The van der Waals surface area contributed by atoms with Crippen molar-refractivity contribution in [3.05, 3.63) is 109 Å². The molecule has 2 heterocycles. The fourth-order valence-corrected chi connectivity index (χ4v) is 4.73. The molecule has 0 aliphatic carbocycles. The van der Waals surface area contributed by atoms with Crippen LogP contribution in [0.5, 0.6) is 11.5 Å². The normalized spacial score (nSPS) is 10.9. The number of nitro groups is 1. The maximum atomic E-state index is 13.4. The molecule has 0 bridgehead atoms. The monoisotopic (exact) mass is 555 g/mol. The maximum absolute atomic E-state index is 13.4. The van der Waals surface area contributed by atoms with Crippen molar-refractivity contribution in [1.82, 2.24) is 13.7 Å². The van der Waals surface area contributed by atoms with E-state index in [2.05, 4.69) is 5.32 Å². The summed E-state index contributed by atoms with van der Waals surface area (Å²) in [5.74, 6) is 0.221. The van der Waals surface area contributed by atoms with Crippen LogP contribution in [0, 0.1) is 10.1 Å². The standard InChI is InChI=1S/C29H25N5O7/c1-31-22-16-33(26(25(22)28(36)32(2)29(31)37)18-11-8-12-19(13-18)34(38)39)21-15-23(40-3)20(14-24(21)41-4)30-27(35)17-9-6-5-7-10-17/h5-16H,1-4H3,(H,30,35). The second kappa shape index (κ2) is 10.5. The van der Waals surface area contributed by atoms with Gasteiger partial charge in [0.25, 0.3) is 17.2 Å². The number of benzene rings is 3. The van der Waals surface area contributed by atoms with E-state index in [9.17, 15) is 24.5 Å². The molecule has 1 amide bonds. The van der Waals surface area contributed by atoms with Crippen LogP contribution in [0.25, 0.3) is 27.8 Å². The van der Waals surface area contributed by atoms with Crippen LogP contribution in [0.4, 0.5) is 11.4 Å². The number of fused-ring (bicyclic) bond motifs is 1. The Morgan fingerprint density at radius 1 is 0.902 bits per heavy atom. The Morgan fingerprint density at radius 3 is 2.27 bits per heavy atom. The van der Waals surface area contributed by atoms with Gasteiger partial charge in [0.2, 0.25) is 0 Å². The summed E-state index contributed by atoms with van der Waals surface area (Å²) in [6.45, 7) is 0. The first kappa shape index (κ1) is 26.9. The van der Waals surface area contributed by atoms with Crippen LogP contribution in [0.1, 0.15) is 10.4 Å². The number of aryl methyl sites for hydroxylation is 1. The van der Waals surface area contributed by atoms with E-state index in [0.29, 0.717) is 39.5 Å². The number of nitro benzene ring substituents is 1. The molecule has 41 heavy (non-hydrogen) atoms. The van der Waals surface area contributed by atoms with E-state index in [0.717, 1.165) is 4.57 Å². The minimum Gasteiger partial charge on any atom is -0.494 e. The number of carbonyl (C=O) groups is 1. The predicted molar refractivity (Wildman–Crippen MR) is 153 cm³/mol. The Labute approximate surface area is 232 Å². The number of hydrogen-bond donors (Lipinski definition) is 1. The molecule has 0 aliphatic rings. The highest BCUT2D eigenvalue weighted by Gasteiger charge is 2.24. The van der Waals surface area contributed by atoms with Crippen LogP contribution < -0.4 is 26.0 Å². The quantitative estimate of drug-likeness (QED) is 0.237. The van der Waals surface area contributed by atoms with Gasteiger partial charge < -0.3 is 19.4 Å². The fraction of sp³-hybridized carbons (Fsp3) is 0.138. The van der Waals surface area contributed by atoms with Crippen molar-refractivity contribution in [1.29, 1.82) is 0 Å². The summed E-state index contributed by atoms with van der Waals surface area (Å²) in [5, 5.41) is 14.6. The number of non-ortho nitro benzene ring substituents is 1. The summed E-state index contributed by atoms with van der Waals surface area (Å²) in [5.41, 5.74) is 0.881. The lowest BCUT2D eigenvalue weighted by molar-refractivity contribution is -0.384. The largest absolute Gasteiger partial charge is 0.494 e. The summed E-state index contributed by atoms with van der Waals surface area (Å²) < 4.78 is 15.2. The van der Waals surface area contributed by atoms with Gasteiger partial charge in [0.05, 0.1) is 47.1 Å². The number of nitrogens with one attached hydrogen (secondary N) is 1. The molecule has 12 nitrogen and oxygen atoms in total. The van der Waals surface area contributed by atoms with Gasteiger partial charge in [-0.1, -0.05) is 30.3 Å². The third kappa shape index (κ3) is 4.61. The van der Waals surface area contributed by atoms with E-state index < -0.39 is 16.2 Å². The molecule has 5 aromatic rings. The van der Waals surface area contributed by atoms with E-state index in [1.54, 1.807) is 59.3 Å². The van der Waals surface area contributed by atoms with E-state index in [1.807, 2.05) is 0 Å². The van der Waals surface area contributed by atoms with Gasteiger partial charge in [-0.15, -0.1) is 0 Å². The molecule has 0 spiro atoms. The zero-order valence-corrected chi connectivity index (χ0v) is 22.6. The highest BCUT2D eigenvalue weighted by atomic mass is 16.6. The number of nitrogens with zero attached hydrogens (tertiary/aromatic N) is 4. The average molecular weight is 556 g/mol. The van der Waals surface area contributed by atoms with Gasteiger partial charge in [0, 0.05) is 55.7 Å². The zero-order valence-electron chi connectivity index (χ0n) is 22.6. The molecule has 0 saturated carbocycles. The van der Waals surface area contributed by atoms with Crippen LogP contribution in [0.2, 0.25) is 0 Å². The molecule has 3 aromatic carbocycles. The Balaban J connectivity index is 1.80. The molecule has 2 aromatic heterocycles. The third-order valence-electron chi connectivity index (χ3n) is 6.81. The number of ether oxygens (including phenoxy) is 2. The van der Waals surface area contributed by atoms with E-state index in [1.165, 1.54) is 51.1 Å². The smallest absolute Gasteiger partial charge is 0.330 e. The van der Waals surface area contributed by atoms with Gasteiger partial charge in [-0.25, -0.2) is 4.79 Å². The van der Waals surface area contributed by atoms with Gasteiger partial charge in [-0.2, -0.15) is 0 Å². The van der Waals surface area contributed by atoms with Crippen molar-refractivity contribution < 1.29 is 19.2 Å². The lowest BCUT2D eigenvalue weighted by Gasteiger charge is -2.18. The first-order valence-corrected chi connectivity index (χ1v) is 12.3. The molecule has 12 heteroatoms. The van der Waals surface area contributed by atoms with Crippen molar-refractivity contribution in [2.24, 2.45) is 14.1 Å². The molecule has 0 atom stereocenters. The number of carbonyl (C=O) groups excluding carboxylic acids is 1. The minimum atomic E-state index is -0.568. The molecule has 0 aliphatic heterocycles. The van der Waals surface area contributed by atoms with Crippen molar-refractivity contribution >= 4 is 28.2 Å². The van der Waals surface area contributed by atoms with Crippen molar-refractivity contribution in [3.63, 3.8) is 0 Å². The van der Waals surface area contributed by atoms with Crippen molar-refractivity contribution in [2.45, 2.75) is 0 Å². The number of hydrogen-bond acceptors (Lipinski definition) is 7. The lowest BCUT2D eigenvalue weighted by Crippen LogP contribution is -2.36. The van der Waals surface area contributed by atoms with Crippen LogP contribution in [0.3, 0.4) is 0 Å². The third-order valence-corrected chi connectivity index (χ3v) is 6.81. The number of rotatable bonds is 7. The molecular weight excluding hydrogens is 530 g/mol. The fourth-order valence-electron chi connectivity index (χ4n) is 4.73. The first-order valence-electron chi connectivity index (χ1n) is 12.3. The van der Waals surface area contributed by atoms with Crippen LogP contribution in [0.15, 0.2) is 82.5 Å². The van der Waals surface area contributed by atoms with Crippen molar-refractivity contribution in [2.75, 3.05) is 19.5 Å². The second-order valence-electron chi connectivity index (χ2n) is 9.17. The maximum Gasteiger partial charge on any atom is 0.330 e. The van der Waals surface area contributed by atoms with Crippen LogP contribution in [-0.4, -0.2) is 38.8 Å². The number of methoxy groups -OCH3 is 2. The van der Waals surface area contributed by atoms with Gasteiger partial charge >= 0.3 is 5.69 Å². The summed E-state index contributed by atoms with van der Waals surface area (Å²) in [7, 11) is 5.79. The van der Waals surface area contributed by atoms with Crippen LogP contribution >= 0.6 is 0 Å². The molecule has 0 fully saturated rings. The summed E-state index contributed by atoms with van der Waals surface area (Å²) in [6, 6.07) is 17.7. The number of anilines is 1. The molecule has 0 saturated heterocycles. The predicted octanol–water partition coefficient (Wildman–Crippen LogP) is 3.87. The van der Waals surface area contributed by atoms with Gasteiger partial charge in [-0.3, -0.25) is 28.8 Å². The van der Waals surface area contributed by atoms with E-state index >= 15 is 0 Å². The summed E-state index contributed by atoms with van der Waals surface area (Å²) in [4.78, 5) is 50.2. The summed E-state index contributed by atoms with van der Waals surface area (Å²) >= 11 is 0. The van der Waals surface area contributed by atoms with E-state index in [4.69, 9.17) is 9.47 Å². The highest BCUT2D eigenvalue weighted by Crippen LogP contribution is 2.40. The lowest BCUT2D eigenvalue weighted by atomic mass is 10.1. The molecule has 208 valence electrons. The molecule has 5 rings (SSSR count). The van der Waals surface area contributed by atoms with Gasteiger partial charge in [0.15, 0.2) is 0 Å². The molecule has 0 radical (unpaired) electrons. The topological polar surface area (TPSA) is 140 Å². The number of amides is 1.